The lowest BCUT2D eigenvalue weighted by atomic mass is 10.2. The van der Waals surface area contributed by atoms with Gasteiger partial charge in [-0.1, -0.05) is 11.6 Å². The maximum Gasteiger partial charge on any atom is 0.123 e. The first kappa shape index (κ1) is 14.7. The van der Waals surface area contributed by atoms with Crippen molar-refractivity contribution in [2.75, 3.05) is 39.3 Å². The van der Waals surface area contributed by atoms with E-state index in [9.17, 15) is 4.39 Å². The quantitative estimate of drug-likeness (QED) is 0.917. The normalized spacial score (nSPS) is 18.5. The highest BCUT2D eigenvalue weighted by molar-refractivity contribution is 6.31. The van der Waals surface area contributed by atoms with E-state index in [0.717, 1.165) is 44.7 Å². The number of hydrogen-bond donors (Lipinski definition) is 1. The van der Waals surface area contributed by atoms with Crippen LogP contribution in [0.4, 0.5) is 4.39 Å². The van der Waals surface area contributed by atoms with Crippen LogP contribution < -0.4 is 0 Å². The number of benzene rings is 1. The van der Waals surface area contributed by atoms with Crippen LogP contribution in [-0.2, 0) is 6.54 Å². The van der Waals surface area contributed by atoms with Crippen LogP contribution in [0.15, 0.2) is 18.2 Å². The fourth-order valence-electron chi connectivity index (χ4n) is 2.45. The summed E-state index contributed by atoms with van der Waals surface area (Å²) in [5, 5.41) is 9.59. The van der Waals surface area contributed by atoms with Crippen molar-refractivity contribution in [1.29, 1.82) is 0 Å². The molecule has 0 amide bonds. The Balaban J connectivity index is 1.94. The molecule has 0 aliphatic carbocycles. The SMILES string of the molecule is OCCN1CCCN(Cc2cc(F)ccc2Cl)CC1. The fourth-order valence-corrected chi connectivity index (χ4v) is 2.63. The molecule has 1 aliphatic heterocycles. The summed E-state index contributed by atoms with van der Waals surface area (Å²) in [6.45, 7) is 5.47. The van der Waals surface area contributed by atoms with Gasteiger partial charge in [0.15, 0.2) is 0 Å². The summed E-state index contributed by atoms with van der Waals surface area (Å²) in [5.41, 5.74) is 0.845. The third-order valence-corrected chi connectivity index (χ3v) is 3.87. The number of halogens is 2. The Bertz CT molecular complexity index is 416. The van der Waals surface area contributed by atoms with Crippen molar-refractivity contribution in [3.05, 3.63) is 34.6 Å². The van der Waals surface area contributed by atoms with Gasteiger partial charge in [0.05, 0.1) is 6.61 Å². The summed E-state index contributed by atoms with van der Waals surface area (Å²) in [7, 11) is 0. The van der Waals surface area contributed by atoms with Crippen LogP contribution in [-0.4, -0.2) is 54.2 Å². The lowest BCUT2D eigenvalue weighted by Crippen LogP contribution is -2.32. The molecule has 1 aromatic rings. The van der Waals surface area contributed by atoms with Crippen LogP contribution >= 0.6 is 11.6 Å². The number of rotatable bonds is 4. The zero-order chi connectivity index (χ0) is 13.7. The highest BCUT2D eigenvalue weighted by atomic mass is 35.5. The predicted molar refractivity (Wildman–Crippen MR) is 74.8 cm³/mol. The molecule has 0 bridgehead atoms. The highest BCUT2D eigenvalue weighted by Crippen LogP contribution is 2.19. The number of aliphatic hydroxyl groups is 1. The van der Waals surface area contributed by atoms with Crippen LogP contribution in [0.3, 0.4) is 0 Å². The summed E-state index contributed by atoms with van der Waals surface area (Å²) >= 11 is 6.10. The molecular formula is C14H20ClFN2O. The van der Waals surface area contributed by atoms with Gasteiger partial charge in [0.25, 0.3) is 0 Å². The van der Waals surface area contributed by atoms with Crippen molar-refractivity contribution in [3.63, 3.8) is 0 Å². The number of nitrogens with zero attached hydrogens (tertiary/aromatic N) is 2. The van der Waals surface area contributed by atoms with Gasteiger partial charge in [0.2, 0.25) is 0 Å². The molecule has 3 nitrogen and oxygen atoms in total. The van der Waals surface area contributed by atoms with E-state index in [1.165, 1.54) is 12.1 Å². The summed E-state index contributed by atoms with van der Waals surface area (Å²) in [4.78, 5) is 4.55. The van der Waals surface area contributed by atoms with Crippen molar-refractivity contribution >= 4 is 11.6 Å². The largest absolute Gasteiger partial charge is 0.395 e. The van der Waals surface area contributed by atoms with Gasteiger partial charge in [0.1, 0.15) is 5.82 Å². The third-order valence-electron chi connectivity index (χ3n) is 3.50. The smallest absolute Gasteiger partial charge is 0.123 e. The van der Waals surface area contributed by atoms with Crippen LogP contribution in [0.25, 0.3) is 0 Å². The molecule has 0 aromatic heterocycles. The maximum atomic E-state index is 13.2. The van der Waals surface area contributed by atoms with E-state index in [-0.39, 0.29) is 12.4 Å². The standard InChI is InChI=1S/C14H20ClFN2O/c15-14-3-2-13(16)10-12(14)11-18-5-1-4-17(6-7-18)8-9-19/h2-3,10,19H,1,4-9,11H2. The molecule has 2 rings (SSSR count). The summed E-state index contributed by atoms with van der Waals surface area (Å²) in [5.74, 6) is -0.240. The van der Waals surface area contributed by atoms with Crippen molar-refractivity contribution in [3.8, 4) is 0 Å². The zero-order valence-electron chi connectivity index (χ0n) is 11.0. The molecule has 19 heavy (non-hydrogen) atoms. The van der Waals surface area contributed by atoms with Gasteiger partial charge < -0.3 is 5.11 Å². The summed E-state index contributed by atoms with van der Waals surface area (Å²) in [6, 6.07) is 4.51. The molecule has 1 fully saturated rings. The second-order valence-corrected chi connectivity index (χ2v) is 5.34. The molecule has 0 spiro atoms. The van der Waals surface area contributed by atoms with Gasteiger partial charge in [-0.3, -0.25) is 9.80 Å². The molecule has 5 heteroatoms. The van der Waals surface area contributed by atoms with Gasteiger partial charge in [-0.15, -0.1) is 0 Å². The fraction of sp³-hybridized carbons (Fsp3) is 0.571. The number of β-amino-alcohol motifs (C(OH)–C–C–N with tert-alkyl or cyclic N) is 1. The summed E-state index contributed by atoms with van der Waals surface area (Å²) < 4.78 is 13.2. The minimum absolute atomic E-state index is 0.204. The minimum atomic E-state index is -0.240. The number of aliphatic hydroxyl groups excluding tert-OH is 1. The van der Waals surface area contributed by atoms with E-state index in [1.54, 1.807) is 6.07 Å². The molecule has 0 unspecified atom stereocenters. The van der Waals surface area contributed by atoms with Gasteiger partial charge in [-0.05, 0) is 43.3 Å². The van der Waals surface area contributed by atoms with Crippen LogP contribution in [0.2, 0.25) is 5.02 Å². The Kier molecular flexibility index (Phi) is 5.58. The molecule has 0 radical (unpaired) electrons. The molecule has 1 aromatic carbocycles. The first-order valence-corrected chi connectivity index (χ1v) is 7.06. The van der Waals surface area contributed by atoms with E-state index >= 15 is 0 Å². The Morgan fingerprint density at radius 2 is 1.89 bits per heavy atom. The molecular weight excluding hydrogens is 267 g/mol. The molecule has 1 heterocycles. The second kappa shape index (κ2) is 7.20. The van der Waals surface area contributed by atoms with E-state index in [1.807, 2.05) is 0 Å². The van der Waals surface area contributed by atoms with E-state index in [0.29, 0.717) is 11.6 Å². The monoisotopic (exact) mass is 286 g/mol. The van der Waals surface area contributed by atoms with Crippen molar-refractivity contribution < 1.29 is 9.50 Å². The van der Waals surface area contributed by atoms with Gasteiger partial charge in [-0.2, -0.15) is 0 Å². The van der Waals surface area contributed by atoms with Crippen LogP contribution in [0, 0.1) is 5.82 Å². The first-order chi connectivity index (χ1) is 9.19. The Labute approximate surface area is 118 Å². The van der Waals surface area contributed by atoms with Crippen LogP contribution in [0.5, 0.6) is 0 Å². The molecule has 0 atom stereocenters. The first-order valence-electron chi connectivity index (χ1n) is 6.68. The molecule has 1 saturated heterocycles. The Morgan fingerprint density at radius 1 is 1.16 bits per heavy atom. The van der Waals surface area contributed by atoms with Crippen LogP contribution in [0.1, 0.15) is 12.0 Å². The Hall–Kier alpha value is -0.680. The average Bonchev–Trinajstić information content (AvgIpc) is 2.60. The van der Waals surface area contributed by atoms with Gasteiger partial charge in [0, 0.05) is 31.2 Å². The lowest BCUT2D eigenvalue weighted by Gasteiger charge is -2.21. The van der Waals surface area contributed by atoms with E-state index in [4.69, 9.17) is 16.7 Å². The Morgan fingerprint density at radius 3 is 2.68 bits per heavy atom. The lowest BCUT2D eigenvalue weighted by molar-refractivity contribution is 0.196. The average molecular weight is 287 g/mol. The maximum absolute atomic E-state index is 13.2. The zero-order valence-corrected chi connectivity index (χ0v) is 11.7. The van der Waals surface area contributed by atoms with E-state index in [2.05, 4.69) is 9.80 Å². The van der Waals surface area contributed by atoms with Gasteiger partial charge >= 0.3 is 0 Å². The predicted octanol–water partition coefficient (Wildman–Crippen LogP) is 1.98. The second-order valence-electron chi connectivity index (χ2n) is 4.93. The van der Waals surface area contributed by atoms with Crippen molar-refractivity contribution in [2.24, 2.45) is 0 Å². The molecule has 0 saturated carbocycles. The topological polar surface area (TPSA) is 26.7 Å². The van der Waals surface area contributed by atoms with E-state index < -0.39 is 0 Å². The molecule has 106 valence electrons. The number of hydrogen-bond acceptors (Lipinski definition) is 3. The third kappa shape index (κ3) is 4.42. The molecule has 1 N–H and O–H groups in total. The molecule has 1 aliphatic rings. The summed E-state index contributed by atoms with van der Waals surface area (Å²) in [6.07, 6.45) is 1.06. The van der Waals surface area contributed by atoms with Crippen molar-refractivity contribution in [2.45, 2.75) is 13.0 Å². The van der Waals surface area contributed by atoms with Crippen molar-refractivity contribution in [1.82, 2.24) is 9.80 Å². The van der Waals surface area contributed by atoms with Gasteiger partial charge in [-0.25, -0.2) is 4.39 Å². The highest BCUT2D eigenvalue weighted by Gasteiger charge is 2.15. The minimum Gasteiger partial charge on any atom is -0.395 e.